The van der Waals surface area contributed by atoms with E-state index >= 15 is 0 Å². The molecule has 8 heteroatoms. The summed E-state index contributed by atoms with van der Waals surface area (Å²) in [5, 5.41) is 1.79. The van der Waals surface area contributed by atoms with Crippen molar-refractivity contribution in [2.45, 2.75) is 25.9 Å². The molecule has 0 radical (unpaired) electrons. The van der Waals surface area contributed by atoms with Gasteiger partial charge in [-0.1, -0.05) is 6.07 Å². The third-order valence-electron chi connectivity index (χ3n) is 3.20. The highest BCUT2D eigenvalue weighted by Crippen LogP contribution is 2.13. The Morgan fingerprint density at radius 2 is 1.84 bits per heavy atom. The van der Waals surface area contributed by atoms with Crippen molar-refractivity contribution in [1.82, 2.24) is 10.9 Å². The summed E-state index contributed by atoms with van der Waals surface area (Å²) >= 11 is 1.32. The van der Waals surface area contributed by atoms with Crippen LogP contribution in [0.4, 0.5) is 4.39 Å². The molecule has 1 aromatic heterocycles. The van der Waals surface area contributed by atoms with Gasteiger partial charge in [0.25, 0.3) is 5.91 Å². The summed E-state index contributed by atoms with van der Waals surface area (Å²) in [5.41, 5.74) is 4.46. The summed E-state index contributed by atoms with van der Waals surface area (Å²) in [6, 6.07) is 8.68. The number of amides is 2. The highest BCUT2D eigenvalue weighted by atomic mass is 32.1. The molecule has 0 spiro atoms. The number of carbonyl (C=O) groups is 3. The molecule has 2 N–H and O–H groups in total. The zero-order valence-corrected chi connectivity index (χ0v) is 14.3. The third kappa shape index (κ3) is 6.00. The number of hydrazine groups is 1. The van der Waals surface area contributed by atoms with Crippen LogP contribution in [-0.4, -0.2) is 23.7 Å². The second-order valence-corrected chi connectivity index (χ2v) is 6.10. The first-order valence-corrected chi connectivity index (χ1v) is 8.41. The lowest BCUT2D eigenvalue weighted by Gasteiger charge is -2.15. The fraction of sp³-hybridized carbons (Fsp3) is 0.235. The van der Waals surface area contributed by atoms with Crippen LogP contribution in [0.3, 0.4) is 0 Å². The number of ether oxygens (including phenoxy) is 1. The maximum atomic E-state index is 12.8. The van der Waals surface area contributed by atoms with Crippen molar-refractivity contribution in [2.75, 3.05) is 0 Å². The number of Topliss-reactive ketones (excluding diaryl/α,β-unsaturated/α-hetero) is 1. The number of hydrogen-bond donors (Lipinski definition) is 2. The lowest BCUT2D eigenvalue weighted by Crippen LogP contribution is -2.47. The van der Waals surface area contributed by atoms with E-state index in [0.717, 1.165) is 0 Å². The molecule has 0 aliphatic carbocycles. The Morgan fingerprint density at radius 3 is 2.48 bits per heavy atom. The summed E-state index contributed by atoms with van der Waals surface area (Å²) in [6.45, 7) is 1.49. The van der Waals surface area contributed by atoms with Gasteiger partial charge in [-0.15, -0.1) is 11.3 Å². The fourth-order valence-corrected chi connectivity index (χ4v) is 2.55. The molecule has 0 saturated heterocycles. The molecule has 1 aromatic carbocycles. The zero-order valence-electron chi connectivity index (χ0n) is 13.5. The molecule has 1 heterocycles. The Kier molecular flexibility index (Phi) is 6.64. The lowest BCUT2D eigenvalue weighted by molar-refractivity contribution is -0.132. The molecule has 0 aliphatic heterocycles. The molecule has 2 amide bonds. The van der Waals surface area contributed by atoms with Crippen LogP contribution >= 0.6 is 11.3 Å². The minimum absolute atomic E-state index is 0.0375. The molecule has 6 nitrogen and oxygen atoms in total. The number of thiophene rings is 1. The minimum atomic E-state index is -0.890. The van der Waals surface area contributed by atoms with Crippen molar-refractivity contribution in [3.8, 4) is 5.75 Å². The van der Waals surface area contributed by atoms with E-state index in [4.69, 9.17) is 4.74 Å². The standard InChI is InChI=1S/C17H17FN2O4S/c1-11(24-13-6-4-12(18)5-7-13)17(23)20-19-16(22)9-8-14(21)15-3-2-10-25-15/h2-7,10-11H,8-9H2,1H3,(H,19,22)(H,20,23)/t11-/m0/s1. The van der Waals surface area contributed by atoms with E-state index in [2.05, 4.69) is 10.9 Å². The number of hydrogen-bond acceptors (Lipinski definition) is 5. The highest BCUT2D eigenvalue weighted by Gasteiger charge is 2.16. The van der Waals surface area contributed by atoms with Gasteiger partial charge in [0, 0.05) is 12.8 Å². The van der Waals surface area contributed by atoms with Crippen LogP contribution in [-0.2, 0) is 9.59 Å². The van der Waals surface area contributed by atoms with Gasteiger partial charge in [0.05, 0.1) is 4.88 Å². The Labute approximate surface area is 148 Å². The monoisotopic (exact) mass is 364 g/mol. The van der Waals surface area contributed by atoms with E-state index in [1.165, 1.54) is 42.5 Å². The smallest absolute Gasteiger partial charge is 0.279 e. The Morgan fingerprint density at radius 1 is 1.12 bits per heavy atom. The molecule has 1 atom stereocenters. The predicted molar refractivity (Wildman–Crippen MR) is 90.7 cm³/mol. The number of ketones is 1. The van der Waals surface area contributed by atoms with Gasteiger partial charge in [-0.3, -0.25) is 25.2 Å². The molecule has 0 unspecified atom stereocenters. The van der Waals surface area contributed by atoms with Crippen LogP contribution in [0.2, 0.25) is 0 Å². The number of halogens is 1. The van der Waals surface area contributed by atoms with Crippen molar-refractivity contribution in [3.63, 3.8) is 0 Å². The van der Waals surface area contributed by atoms with Crippen LogP contribution in [0, 0.1) is 5.82 Å². The molecule has 0 bridgehead atoms. The normalized spacial score (nSPS) is 11.4. The summed E-state index contributed by atoms with van der Waals surface area (Å²) in [5.74, 6) is -1.25. The summed E-state index contributed by atoms with van der Waals surface area (Å²) < 4.78 is 18.1. The van der Waals surface area contributed by atoms with Gasteiger partial charge in [-0.25, -0.2) is 4.39 Å². The molecule has 2 rings (SSSR count). The van der Waals surface area contributed by atoms with E-state index in [-0.39, 0.29) is 18.6 Å². The van der Waals surface area contributed by atoms with Crippen molar-refractivity contribution >= 4 is 28.9 Å². The maximum Gasteiger partial charge on any atom is 0.279 e. The van der Waals surface area contributed by atoms with Crippen molar-refractivity contribution in [2.24, 2.45) is 0 Å². The van der Waals surface area contributed by atoms with E-state index in [1.54, 1.807) is 17.5 Å². The number of nitrogens with one attached hydrogen (secondary N) is 2. The Bertz CT molecular complexity index is 732. The third-order valence-corrected chi connectivity index (χ3v) is 4.11. The molecular weight excluding hydrogens is 347 g/mol. The average molecular weight is 364 g/mol. The van der Waals surface area contributed by atoms with Gasteiger partial charge in [0.15, 0.2) is 11.9 Å². The van der Waals surface area contributed by atoms with E-state index < -0.39 is 23.7 Å². The first kappa shape index (κ1) is 18.6. The van der Waals surface area contributed by atoms with Gasteiger partial charge >= 0.3 is 0 Å². The predicted octanol–water partition coefficient (Wildman–Crippen LogP) is 2.47. The first-order chi connectivity index (χ1) is 12.0. The van der Waals surface area contributed by atoms with Gasteiger partial charge in [0.2, 0.25) is 5.91 Å². The molecule has 0 aliphatic rings. The van der Waals surface area contributed by atoms with Crippen LogP contribution < -0.4 is 15.6 Å². The number of carbonyl (C=O) groups excluding carboxylic acids is 3. The molecule has 0 saturated carbocycles. The largest absolute Gasteiger partial charge is 0.481 e. The SMILES string of the molecule is C[C@H](Oc1ccc(F)cc1)C(=O)NNC(=O)CCC(=O)c1cccs1. The zero-order chi connectivity index (χ0) is 18.2. The van der Waals surface area contributed by atoms with Gasteiger partial charge in [-0.05, 0) is 42.6 Å². The average Bonchev–Trinajstić information content (AvgIpc) is 3.14. The highest BCUT2D eigenvalue weighted by molar-refractivity contribution is 7.12. The van der Waals surface area contributed by atoms with Crippen LogP contribution in [0.5, 0.6) is 5.75 Å². The quantitative estimate of drug-likeness (QED) is 0.584. The second-order valence-electron chi connectivity index (χ2n) is 5.15. The topological polar surface area (TPSA) is 84.5 Å². The van der Waals surface area contributed by atoms with E-state index in [9.17, 15) is 18.8 Å². The van der Waals surface area contributed by atoms with Crippen LogP contribution in [0.1, 0.15) is 29.4 Å². The maximum absolute atomic E-state index is 12.8. The molecule has 132 valence electrons. The first-order valence-electron chi connectivity index (χ1n) is 7.53. The van der Waals surface area contributed by atoms with Gasteiger partial charge in [0.1, 0.15) is 11.6 Å². The van der Waals surface area contributed by atoms with Gasteiger partial charge < -0.3 is 4.74 Å². The van der Waals surface area contributed by atoms with Crippen molar-refractivity contribution in [1.29, 1.82) is 0 Å². The molecular formula is C17H17FN2O4S. The van der Waals surface area contributed by atoms with Crippen molar-refractivity contribution < 1.29 is 23.5 Å². The lowest BCUT2D eigenvalue weighted by atomic mass is 10.2. The fourth-order valence-electron chi connectivity index (χ4n) is 1.85. The summed E-state index contributed by atoms with van der Waals surface area (Å²) in [6.07, 6.45) is -0.868. The number of rotatable bonds is 7. The van der Waals surface area contributed by atoms with Crippen molar-refractivity contribution in [3.05, 3.63) is 52.5 Å². The van der Waals surface area contributed by atoms with Crippen LogP contribution in [0.25, 0.3) is 0 Å². The van der Waals surface area contributed by atoms with E-state index in [0.29, 0.717) is 10.6 Å². The second kappa shape index (κ2) is 8.93. The van der Waals surface area contributed by atoms with Crippen LogP contribution in [0.15, 0.2) is 41.8 Å². The Hall–Kier alpha value is -2.74. The summed E-state index contributed by atoms with van der Waals surface area (Å²) in [4.78, 5) is 35.9. The van der Waals surface area contributed by atoms with E-state index in [1.807, 2.05) is 0 Å². The van der Waals surface area contributed by atoms with Gasteiger partial charge in [-0.2, -0.15) is 0 Å². The molecule has 25 heavy (non-hydrogen) atoms. The summed E-state index contributed by atoms with van der Waals surface area (Å²) in [7, 11) is 0. The molecule has 2 aromatic rings. The number of benzene rings is 1. The Balaban J connectivity index is 1.70. The minimum Gasteiger partial charge on any atom is -0.481 e. The molecule has 0 fully saturated rings.